The van der Waals surface area contributed by atoms with E-state index in [9.17, 15) is 9.59 Å². The van der Waals surface area contributed by atoms with E-state index in [0.29, 0.717) is 28.4 Å². The predicted octanol–water partition coefficient (Wildman–Crippen LogP) is 4.56. The molecule has 0 amide bonds. The van der Waals surface area contributed by atoms with Crippen molar-refractivity contribution >= 4 is 22.8 Å². The van der Waals surface area contributed by atoms with Gasteiger partial charge in [-0.3, -0.25) is 9.36 Å². The molecule has 31 heavy (non-hydrogen) atoms. The first-order valence-electron chi connectivity index (χ1n) is 10.7. The second kappa shape index (κ2) is 8.19. The minimum Gasteiger partial charge on any atom is -0.320 e. The van der Waals surface area contributed by atoms with Gasteiger partial charge < -0.3 is 4.57 Å². The Morgan fingerprint density at radius 3 is 2.39 bits per heavy atom. The van der Waals surface area contributed by atoms with Gasteiger partial charge in [0.1, 0.15) is 0 Å². The molecule has 0 unspecified atom stereocenters. The molecule has 0 radical (unpaired) electrons. The van der Waals surface area contributed by atoms with Gasteiger partial charge in [-0.15, -0.1) is 0 Å². The van der Waals surface area contributed by atoms with Crippen LogP contribution in [0.3, 0.4) is 0 Å². The van der Waals surface area contributed by atoms with Gasteiger partial charge >= 0.3 is 5.69 Å². The molecule has 0 N–H and O–H groups in total. The van der Waals surface area contributed by atoms with Crippen LogP contribution >= 0.6 is 11.6 Å². The number of benzene rings is 2. The third kappa shape index (κ3) is 3.51. The van der Waals surface area contributed by atoms with Crippen molar-refractivity contribution in [3.63, 3.8) is 0 Å². The number of imidazole rings is 1. The predicted molar refractivity (Wildman–Crippen MR) is 122 cm³/mol. The van der Waals surface area contributed by atoms with Crippen LogP contribution < -0.4 is 11.2 Å². The van der Waals surface area contributed by atoms with Crippen molar-refractivity contribution in [2.75, 3.05) is 0 Å². The topological polar surface area (TPSA) is 61.8 Å². The standard InChI is InChI=1S/C24H23ClN4O2/c25-19-13-7-8-14-20(19)29-22-21(27(16-26-22)15-17-9-3-1-4-10-17)23(30)28(24(29)31)18-11-5-2-6-12-18/h1,3-4,7-10,13-14,16,18H,2,5-6,11-12,15H2. The number of para-hydroxylation sites is 1. The summed E-state index contributed by atoms with van der Waals surface area (Å²) in [5.74, 6) is 0. The molecule has 0 atom stereocenters. The van der Waals surface area contributed by atoms with Crippen molar-refractivity contribution in [2.45, 2.75) is 44.7 Å². The average Bonchev–Trinajstić information content (AvgIpc) is 3.20. The van der Waals surface area contributed by atoms with Gasteiger partial charge in [0.15, 0.2) is 11.2 Å². The molecule has 0 saturated heterocycles. The van der Waals surface area contributed by atoms with E-state index in [-0.39, 0.29) is 17.3 Å². The largest absolute Gasteiger partial charge is 0.337 e. The Morgan fingerprint density at radius 1 is 0.935 bits per heavy atom. The third-order valence-corrected chi connectivity index (χ3v) is 6.40. The molecule has 5 rings (SSSR count). The Kier molecular flexibility index (Phi) is 5.24. The molecule has 4 aromatic rings. The highest BCUT2D eigenvalue weighted by Crippen LogP contribution is 2.27. The van der Waals surface area contributed by atoms with Crippen molar-refractivity contribution in [3.05, 3.63) is 92.3 Å². The highest BCUT2D eigenvalue weighted by molar-refractivity contribution is 6.32. The minimum atomic E-state index is -0.373. The molecule has 0 aliphatic heterocycles. The second-order valence-electron chi connectivity index (χ2n) is 8.07. The molecule has 2 aromatic carbocycles. The SMILES string of the molecule is O=c1c2c(ncn2Cc2ccccc2)n(-c2ccccc2Cl)c(=O)n1C1CCCCC1. The summed E-state index contributed by atoms with van der Waals surface area (Å²) in [7, 11) is 0. The van der Waals surface area contributed by atoms with Crippen LogP contribution in [0.15, 0.2) is 70.5 Å². The lowest BCUT2D eigenvalue weighted by Crippen LogP contribution is -2.43. The summed E-state index contributed by atoms with van der Waals surface area (Å²) < 4.78 is 4.77. The van der Waals surface area contributed by atoms with Crippen molar-refractivity contribution in [1.82, 2.24) is 18.7 Å². The van der Waals surface area contributed by atoms with Crippen LogP contribution in [0.2, 0.25) is 5.02 Å². The maximum atomic E-state index is 13.6. The van der Waals surface area contributed by atoms with Gasteiger partial charge in [-0.2, -0.15) is 0 Å². The molecule has 1 aliphatic rings. The lowest BCUT2D eigenvalue weighted by Gasteiger charge is -2.24. The van der Waals surface area contributed by atoms with Crippen molar-refractivity contribution in [3.8, 4) is 5.69 Å². The third-order valence-electron chi connectivity index (χ3n) is 6.08. The zero-order valence-corrected chi connectivity index (χ0v) is 17.8. The summed E-state index contributed by atoms with van der Waals surface area (Å²) in [6.45, 7) is 0.498. The fourth-order valence-corrected chi connectivity index (χ4v) is 4.78. The molecule has 2 heterocycles. The number of hydrogen-bond donors (Lipinski definition) is 0. The first kappa shape index (κ1) is 19.8. The van der Waals surface area contributed by atoms with Gasteiger partial charge in [0.25, 0.3) is 5.56 Å². The lowest BCUT2D eigenvalue weighted by atomic mass is 9.95. The summed E-state index contributed by atoms with van der Waals surface area (Å²) in [5.41, 5.74) is 1.71. The Morgan fingerprint density at radius 2 is 1.65 bits per heavy atom. The van der Waals surface area contributed by atoms with Gasteiger partial charge in [-0.05, 0) is 30.5 Å². The van der Waals surface area contributed by atoms with Gasteiger partial charge in [-0.1, -0.05) is 73.3 Å². The summed E-state index contributed by atoms with van der Waals surface area (Å²) in [6.07, 6.45) is 6.47. The van der Waals surface area contributed by atoms with Crippen LogP contribution in [0.5, 0.6) is 0 Å². The Bertz CT molecular complexity index is 1350. The lowest BCUT2D eigenvalue weighted by molar-refractivity contribution is 0.335. The fraction of sp³-hybridized carbons (Fsp3) is 0.292. The van der Waals surface area contributed by atoms with Crippen LogP contribution in [0.1, 0.15) is 43.7 Å². The number of aromatic nitrogens is 4. The fourth-order valence-electron chi connectivity index (χ4n) is 4.56. The molecule has 1 fully saturated rings. The van der Waals surface area contributed by atoms with Crippen LogP contribution in [0.4, 0.5) is 0 Å². The van der Waals surface area contributed by atoms with E-state index in [1.165, 1.54) is 9.13 Å². The number of fused-ring (bicyclic) bond motifs is 1. The Hall–Kier alpha value is -3.12. The maximum absolute atomic E-state index is 13.6. The Balaban J connectivity index is 1.80. The minimum absolute atomic E-state index is 0.105. The van der Waals surface area contributed by atoms with Crippen molar-refractivity contribution < 1.29 is 0 Å². The van der Waals surface area contributed by atoms with E-state index < -0.39 is 0 Å². The molecule has 1 saturated carbocycles. The number of halogens is 1. The Labute approximate surface area is 184 Å². The molecule has 7 heteroatoms. The maximum Gasteiger partial charge on any atom is 0.337 e. The van der Waals surface area contributed by atoms with Gasteiger partial charge in [-0.25, -0.2) is 14.3 Å². The highest BCUT2D eigenvalue weighted by Gasteiger charge is 2.25. The molecule has 0 bridgehead atoms. The zero-order valence-electron chi connectivity index (χ0n) is 17.1. The van der Waals surface area contributed by atoms with Crippen molar-refractivity contribution in [1.29, 1.82) is 0 Å². The monoisotopic (exact) mass is 434 g/mol. The van der Waals surface area contributed by atoms with Crippen LogP contribution in [-0.4, -0.2) is 18.7 Å². The number of rotatable bonds is 4. The van der Waals surface area contributed by atoms with Crippen molar-refractivity contribution in [2.24, 2.45) is 0 Å². The average molecular weight is 435 g/mol. The van der Waals surface area contributed by atoms with E-state index in [2.05, 4.69) is 4.98 Å². The van der Waals surface area contributed by atoms with Gasteiger partial charge in [0, 0.05) is 12.6 Å². The molecule has 1 aliphatic carbocycles. The molecule has 0 spiro atoms. The quantitative estimate of drug-likeness (QED) is 0.473. The zero-order chi connectivity index (χ0) is 21.4. The molecular weight excluding hydrogens is 412 g/mol. The molecule has 6 nitrogen and oxygen atoms in total. The van der Waals surface area contributed by atoms with Gasteiger partial charge in [0.2, 0.25) is 0 Å². The normalized spacial score (nSPS) is 14.9. The number of nitrogens with zero attached hydrogens (tertiary/aromatic N) is 4. The molecular formula is C24H23ClN4O2. The van der Waals surface area contributed by atoms with Crippen LogP contribution in [0.25, 0.3) is 16.9 Å². The van der Waals surface area contributed by atoms with E-state index in [1.54, 1.807) is 18.5 Å². The van der Waals surface area contributed by atoms with Crippen LogP contribution in [0, 0.1) is 0 Å². The first-order valence-corrected chi connectivity index (χ1v) is 11.0. The second-order valence-corrected chi connectivity index (χ2v) is 8.47. The number of hydrogen-bond acceptors (Lipinski definition) is 3. The van der Waals surface area contributed by atoms with Crippen LogP contribution in [-0.2, 0) is 6.54 Å². The summed E-state index contributed by atoms with van der Waals surface area (Å²) in [6, 6.07) is 17.0. The molecule has 158 valence electrons. The van der Waals surface area contributed by atoms with E-state index >= 15 is 0 Å². The van der Waals surface area contributed by atoms with E-state index in [4.69, 9.17) is 11.6 Å². The smallest absolute Gasteiger partial charge is 0.320 e. The summed E-state index contributed by atoms with van der Waals surface area (Å²) >= 11 is 6.46. The van der Waals surface area contributed by atoms with E-state index in [1.807, 2.05) is 47.0 Å². The van der Waals surface area contributed by atoms with E-state index in [0.717, 1.165) is 37.7 Å². The summed E-state index contributed by atoms with van der Waals surface area (Å²) in [4.78, 5) is 31.8. The summed E-state index contributed by atoms with van der Waals surface area (Å²) in [5, 5.41) is 0.442. The highest BCUT2D eigenvalue weighted by atomic mass is 35.5. The first-order chi connectivity index (χ1) is 15.1. The molecule has 2 aromatic heterocycles. The van der Waals surface area contributed by atoms with Gasteiger partial charge in [0.05, 0.1) is 17.0 Å².